The smallest absolute Gasteiger partial charge is 0.337 e. The number of aromatic nitrogens is 1. The largest absolute Gasteiger partial charge is 0.497 e. The van der Waals surface area contributed by atoms with Crippen LogP contribution in [0.4, 0.5) is 0 Å². The van der Waals surface area contributed by atoms with Gasteiger partial charge in [0.15, 0.2) is 0 Å². The lowest BCUT2D eigenvalue weighted by atomic mass is 9.90. The van der Waals surface area contributed by atoms with Crippen LogP contribution in [-0.4, -0.2) is 48.0 Å². The van der Waals surface area contributed by atoms with E-state index in [1.54, 1.807) is 44.4 Å². The minimum absolute atomic E-state index is 0.184. The van der Waals surface area contributed by atoms with Crippen LogP contribution in [0.25, 0.3) is 45.1 Å². The van der Waals surface area contributed by atoms with E-state index in [1.807, 2.05) is 66.1 Å². The van der Waals surface area contributed by atoms with E-state index < -0.39 is 22.1 Å². The fourth-order valence-electron chi connectivity index (χ4n) is 5.88. The van der Waals surface area contributed by atoms with Gasteiger partial charge in [-0.25, -0.2) is 9.59 Å². The number of fused-ring (bicyclic) bond motifs is 2. The number of aryl methyl sites for hydroxylation is 1. The van der Waals surface area contributed by atoms with Crippen LogP contribution in [0.1, 0.15) is 55.8 Å². The maximum absolute atomic E-state index is 12.5. The standard InChI is InChI=1S/C36H33NO8S/c1-22-23(2)28(35(38)39)17-16-27(22)31-21-26(45-3)14-13-25(31)12-10-24-11-15-30-33(20-24)37(18-6-7-19-46(42,43)44)32-9-5-4-8-29(32)34(30)36(40)41/h4-5,8-17,20-21H,6-7,18-19H2,1-3H3,(H2-,38,39,40,41,42,43,44)/p+1. The van der Waals surface area contributed by atoms with Crippen LogP contribution < -0.4 is 9.30 Å². The Morgan fingerprint density at radius 1 is 0.804 bits per heavy atom. The highest BCUT2D eigenvalue weighted by Crippen LogP contribution is 2.34. The quantitative estimate of drug-likeness (QED) is 0.0470. The first-order chi connectivity index (χ1) is 21.9. The molecule has 0 amide bonds. The number of benzene rings is 4. The molecule has 0 radical (unpaired) electrons. The van der Waals surface area contributed by atoms with Crippen molar-refractivity contribution in [1.82, 2.24) is 0 Å². The third-order valence-corrected chi connectivity index (χ3v) is 9.12. The van der Waals surface area contributed by atoms with Gasteiger partial charge in [-0.3, -0.25) is 4.55 Å². The van der Waals surface area contributed by atoms with Crippen LogP contribution in [0, 0.1) is 13.8 Å². The number of pyridine rings is 1. The number of methoxy groups -OCH3 is 1. The second kappa shape index (κ2) is 13.1. The van der Waals surface area contributed by atoms with Crippen molar-refractivity contribution in [2.24, 2.45) is 0 Å². The minimum atomic E-state index is -4.09. The molecule has 236 valence electrons. The number of carbonyl (C=O) groups is 2. The van der Waals surface area contributed by atoms with Gasteiger partial charge < -0.3 is 14.9 Å². The lowest BCUT2D eigenvalue weighted by Crippen LogP contribution is -2.36. The molecule has 0 aliphatic carbocycles. The van der Waals surface area contributed by atoms with Crippen molar-refractivity contribution in [2.45, 2.75) is 33.2 Å². The van der Waals surface area contributed by atoms with Gasteiger partial charge in [0.05, 0.1) is 34.8 Å². The van der Waals surface area contributed by atoms with Crippen molar-refractivity contribution < 1.29 is 42.1 Å². The van der Waals surface area contributed by atoms with E-state index in [1.165, 1.54) is 0 Å². The third kappa shape index (κ3) is 6.63. The zero-order valence-corrected chi connectivity index (χ0v) is 26.5. The van der Waals surface area contributed by atoms with Gasteiger partial charge in [0, 0.05) is 18.6 Å². The molecule has 9 nitrogen and oxygen atoms in total. The molecule has 0 aliphatic rings. The van der Waals surface area contributed by atoms with E-state index in [-0.39, 0.29) is 23.3 Å². The van der Waals surface area contributed by atoms with E-state index in [2.05, 4.69) is 0 Å². The summed E-state index contributed by atoms with van der Waals surface area (Å²) in [4.78, 5) is 24.2. The van der Waals surface area contributed by atoms with Crippen molar-refractivity contribution in [1.29, 1.82) is 0 Å². The zero-order chi connectivity index (χ0) is 33.2. The molecule has 5 rings (SSSR count). The van der Waals surface area contributed by atoms with Crippen molar-refractivity contribution in [3.05, 3.63) is 106 Å². The minimum Gasteiger partial charge on any atom is -0.497 e. The van der Waals surface area contributed by atoms with E-state index >= 15 is 0 Å². The summed E-state index contributed by atoms with van der Waals surface area (Å²) >= 11 is 0. The van der Waals surface area contributed by atoms with Crippen molar-refractivity contribution in [3.8, 4) is 16.9 Å². The summed E-state index contributed by atoms with van der Waals surface area (Å²) in [6.07, 6.45) is 4.57. The Bertz CT molecular complexity index is 2150. The van der Waals surface area contributed by atoms with Crippen molar-refractivity contribution in [2.75, 3.05) is 12.9 Å². The molecule has 0 unspecified atom stereocenters. The molecule has 1 heterocycles. The van der Waals surface area contributed by atoms with Gasteiger partial charge >= 0.3 is 11.9 Å². The summed E-state index contributed by atoms with van der Waals surface area (Å²) in [5.74, 6) is -1.73. The van der Waals surface area contributed by atoms with Gasteiger partial charge in [-0.05, 0) is 84.0 Å². The molecule has 0 aliphatic heterocycles. The van der Waals surface area contributed by atoms with Crippen LogP contribution in [-0.2, 0) is 16.7 Å². The third-order valence-electron chi connectivity index (χ3n) is 8.32. The molecule has 0 atom stereocenters. The highest BCUT2D eigenvalue weighted by Gasteiger charge is 2.24. The van der Waals surface area contributed by atoms with Gasteiger partial charge in [-0.15, -0.1) is 0 Å². The molecular formula is C36H34NO8S+. The highest BCUT2D eigenvalue weighted by atomic mass is 32.2. The van der Waals surface area contributed by atoms with Crippen molar-refractivity contribution in [3.63, 3.8) is 0 Å². The van der Waals surface area contributed by atoms with Crippen molar-refractivity contribution >= 4 is 56.0 Å². The fraction of sp³-hybridized carbons (Fsp3) is 0.194. The molecule has 3 N–H and O–H groups in total. The number of hydrogen-bond donors (Lipinski definition) is 3. The summed E-state index contributed by atoms with van der Waals surface area (Å²) < 4.78 is 39.3. The molecule has 0 saturated carbocycles. The molecule has 0 bridgehead atoms. The number of unbranched alkanes of at least 4 members (excludes halogenated alkanes) is 1. The summed E-state index contributed by atoms with van der Waals surface area (Å²) in [7, 11) is -2.51. The van der Waals surface area contributed by atoms with Crippen LogP contribution in [0.5, 0.6) is 5.75 Å². The predicted octanol–water partition coefficient (Wildman–Crippen LogP) is 6.81. The Balaban J connectivity index is 1.63. The number of rotatable bonds is 11. The average molecular weight is 641 g/mol. The van der Waals surface area contributed by atoms with Crippen LogP contribution in [0.2, 0.25) is 0 Å². The predicted molar refractivity (Wildman–Crippen MR) is 178 cm³/mol. The first kappa shape index (κ1) is 32.3. The molecule has 4 aromatic carbocycles. The molecule has 0 saturated heterocycles. The summed E-state index contributed by atoms with van der Waals surface area (Å²) in [6, 6.07) is 21.9. The van der Waals surface area contributed by atoms with Gasteiger partial charge in [0.1, 0.15) is 12.3 Å². The lowest BCUT2D eigenvalue weighted by Gasteiger charge is -2.15. The topological polar surface area (TPSA) is 142 Å². The van der Waals surface area contributed by atoms with E-state index in [0.29, 0.717) is 46.1 Å². The van der Waals surface area contributed by atoms with Gasteiger partial charge in [0.25, 0.3) is 10.1 Å². The lowest BCUT2D eigenvalue weighted by molar-refractivity contribution is -0.645. The Kier molecular flexibility index (Phi) is 9.22. The number of para-hydroxylation sites is 1. The van der Waals surface area contributed by atoms with E-state index in [4.69, 9.17) is 4.74 Å². The Hall–Kier alpha value is -5.06. The van der Waals surface area contributed by atoms with Crippen LogP contribution in [0.3, 0.4) is 0 Å². The van der Waals surface area contributed by atoms with Crippen LogP contribution >= 0.6 is 0 Å². The number of carboxylic acids is 2. The normalized spacial score (nSPS) is 11.8. The molecule has 0 fully saturated rings. The van der Waals surface area contributed by atoms with Gasteiger partial charge in [-0.1, -0.05) is 42.5 Å². The maximum atomic E-state index is 12.5. The monoisotopic (exact) mass is 640 g/mol. The first-order valence-electron chi connectivity index (χ1n) is 14.7. The fourth-order valence-corrected chi connectivity index (χ4v) is 6.45. The SMILES string of the molecule is COc1ccc(C=Cc2ccc3c(C(=O)O)c4ccccc4[n+](CCCCS(=O)(=O)O)c3c2)c(-c2ccc(C(=O)O)c(C)c2C)c1. The Morgan fingerprint density at radius 3 is 2.24 bits per heavy atom. The Labute approximate surface area is 266 Å². The summed E-state index contributed by atoms with van der Waals surface area (Å²) in [6.45, 7) is 4.10. The average Bonchev–Trinajstić information content (AvgIpc) is 3.02. The molecular weight excluding hydrogens is 606 g/mol. The zero-order valence-electron chi connectivity index (χ0n) is 25.6. The Morgan fingerprint density at radius 2 is 1.54 bits per heavy atom. The number of aromatic carboxylic acids is 2. The number of hydrogen-bond acceptors (Lipinski definition) is 5. The second-order valence-electron chi connectivity index (χ2n) is 11.1. The molecule has 10 heteroatoms. The van der Waals surface area contributed by atoms with E-state index in [0.717, 1.165) is 27.8 Å². The summed E-state index contributed by atoms with van der Waals surface area (Å²) in [5, 5.41) is 20.9. The highest BCUT2D eigenvalue weighted by molar-refractivity contribution is 7.85. The number of nitrogens with zero attached hydrogens (tertiary/aromatic N) is 1. The molecule has 0 spiro atoms. The number of carboxylic acid groups (broad SMARTS) is 2. The first-order valence-corrected chi connectivity index (χ1v) is 16.3. The summed E-state index contributed by atoms with van der Waals surface area (Å²) in [5.41, 5.74) is 6.75. The number of ether oxygens (including phenoxy) is 1. The maximum Gasteiger partial charge on any atom is 0.337 e. The molecule has 5 aromatic rings. The second-order valence-corrected chi connectivity index (χ2v) is 12.7. The molecule has 1 aromatic heterocycles. The van der Waals surface area contributed by atoms with Gasteiger partial charge in [0.2, 0.25) is 11.0 Å². The van der Waals surface area contributed by atoms with E-state index in [9.17, 15) is 32.8 Å². The van der Waals surface area contributed by atoms with Gasteiger partial charge in [-0.2, -0.15) is 13.0 Å². The van der Waals surface area contributed by atoms with Crippen LogP contribution in [0.15, 0.2) is 72.8 Å². The molecule has 46 heavy (non-hydrogen) atoms.